The average Bonchev–Trinajstić information content (AvgIpc) is 3.33. The number of carbonyl (C=O) groups excluding carboxylic acids is 1. The number of nitrogens with zero attached hydrogens (tertiary/aromatic N) is 1. The number of hydrogen-bond donors (Lipinski definition) is 2. The number of benzene rings is 2. The number of likely N-dealkylation sites (N-methyl/N-ethyl adjacent to an activating group) is 1. The quantitative estimate of drug-likeness (QED) is 0.569. The van der Waals surface area contributed by atoms with Crippen LogP contribution in [0.2, 0.25) is 0 Å². The summed E-state index contributed by atoms with van der Waals surface area (Å²) in [5, 5.41) is 2.92. The number of rotatable bonds is 7. The first-order chi connectivity index (χ1) is 15.4. The van der Waals surface area contributed by atoms with E-state index in [0.29, 0.717) is 31.6 Å². The molecule has 0 saturated heterocycles. The third-order valence-corrected chi connectivity index (χ3v) is 7.76. The van der Waals surface area contributed by atoms with Gasteiger partial charge < -0.3 is 14.6 Å². The van der Waals surface area contributed by atoms with Gasteiger partial charge >= 0.3 is 0 Å². The highest BCUT2D eigenvalue weighted by Crippen LogP contribution is 2.25. The summed E-state index contributed by atoms with van der Waals surface area (Å²) in [6.45, 7) is 1.21. The number of sulfonamides is 1. The van der Waals surface area contributed by atoms with Crippen molar-refractivity contribution >= 4 is 15.9 Å². The molecule has 32 heavy (non-hydrogen) atoms. The second kappa shape index (κ2) is 9.28. The highest BCUT2D eigenvalue weighted by Gasteiger charge is 2.28. The molecule has 8 heteroatoms. The Kier molecular flexibility index (Phi) is 6.45. The van der Waals surface area contributed by atoms with Crippen molar-refractivity contribution < 1.29 is 22.5 Å². The predicted octanol–water partition coefficient (Wildman–Crippen LogP) is 1.64. The van der Waals surface area contributed by atoms with Gasteiger partial charge in [0.15, 0.2) is 11.8 Å². The van der Waals surface area contributed by atoms with Crippen LogP contribution >= 0.6 is 0 Å². The standard InChI is InChI=1S/C24H27N3O4S/c1-26(2)22(23-8-5-15-31-23)16-25-24(28)19-9-11-21(12-10-19)32(29,30)27-14-13-18-6-3-4-7-20(18)17-27/h3-12,15,22H,13-14,16-17H2,1-2H3,(H,25,28)/p+1/t22-/m0/s1. The molecule has 2 aromatic carbocycles. The van der Waals surface area contributed by atoms with Gasteiger partial charge in [-0.05, 0) is 53.9 Å². The zero-order valence-electron chi connectivity index (χ0n) is 18.2. The number of fused-ring (bicyclic) bond motifs is 1. The molecule has 0 spiro atoms. The third-order valence-electron chi connectivity index (χ3n) is 5.90. The Morgan fingerprint density at radius 3 is 2.44 bits per heavy atom. The van der Waals surface area contributed by atoms with Gasteiger partial charge in [0.1, 0.15) is 0 Å². The molecule has 0 unspecified atom stereocenters. The summed E-state index contributed by atoms with van der Waals surface area (Å²) < 4.78 is 33.2. The van der Waals surface area contributed by atoms with Crippen molar-refractivity contribution in [2.75, 3.05) is 27.2 Å². The van der Waals surface area contributed by atoms with Crippen molar-refractivity contribution in [3.63, 3.8) is 0 Å². The van der Waals surface area contributed by atoms with E-state index in [1.165, 1.54) is 22.0 Å². The van der Waals surface area contributed by atoms with Crippen LogP contribution in [0.15, 0.2) is 76.2 Å². The van der Waals surface area contributed by atoms with Crippen LogP contribution in [-0.4, -0.2) is 45.8 Å². The van der Waals surface area contributed by atoms with Gasteiger partial charge in [0.05, 0.1) is 31.8 Å². The van der Waals surface area contributed by atoms with E-state index in [4.69, 9.17) is 4.42 Å². The average molecular weight is 455 g/mol. The van der Waals surface area contributed by atoms with E-state index < -0.39 is 10.0 Å². The van der Waals surface area contributed by atoms with E-state index in [-0.39, 0.29) is 16.8 Å². The summed E-state index contributed by atoms with van der Waals surface area (Å²) in [5.41, 5.74) is 2.64. The molecule has 3 aromatic rings. The number of furan rings is 1. The fourth-order valence-electron chi connectivity index (χ4n) is 3.98. The van der Waals surface area contributed by atoms with Crippen molar-refractivity contribution in [2.24, 2.45) is 0 Å². The Morgan fingerprint density at radius 1 is 1.06 bits per heavy atom. The van der Waals surface area contributed by atoms with Crippen molar-refractivity contribution in [3.05, 3.63) is 89.4 Å². The van der Waals surface area contributed by atoms with Gasteiger partial charge in [-0.1, -0.05) is 24.3 Å². The Hall–Kier alpha value is -2.94. The number of quaternary nitrogens is 1. The maximum absolute atomic E-state index is 13.1. The second-order valence-corrected chi connectivity index (χ2v) is 10.2. The first kappa shape index (κ1) is 22.3. The minimum atomic E-state index is -3.63. The molecular weight excluding hydrogens is 426 g/mol. The fraction of sp³-hybridized carbons (Fsp3) is 0.292. The molecule has 0 radical (unpaired) electrons. The lowest BCUT2D eigenvalue weighted by Crippen LogP contribution is -3.07. The molecule has 2 heterocycles. The molecule has 168 valence electrons. The summed E-state index contributed by atoms with van der Waals surface area (Å²) in [4.78, 5) is 14.0. The minimum Gasteiger partial charge on any atom is -0.463 e. The van der Waals surface area contributed by atoms with E-state index >= 15 is 0 Å². The van der Waals surface area contributed by atoms with Crippen molar-refractivity contribution in [2.45, 2.75) is 23.9 Å². The Labute approximate surface area is 188 Å². The number of amides is 1. The normalized spacial score (nSPS) is 15.3. The maximum atomic E-state index is 13.1. The smallest absolute Gasteiger partial charge is 0.251 e. The highest BCUT2D eigenvalue weighted by atomic mass is 32.2. The van der Waals surface area contributed by atoms with Crippen LogP contribution in [-0.2, 0) is 23.0 Å². The van der Waals surface area contributed by atoms with Crippen LogP contribution in [0.4, 0.5) is 0 Å². The SMILES string of the molecule is C[NH+](C)[C@@H](CNC(=O)c1ccc(S(=O)(=O)N2CCc3ccccc3C2)cc1)c1ccco1. The fourth-order valence-corrected chi connectivity index (χ4v) is 5.40. The minimum absolute atomic E-state index is 0.0180. The summed E-state index contributed by atoms with van der Waals surface area (Å²) in [7, 11) is 0.368. The Morgan fingerprint density at radius 2 is 1.78 bits per heavy atom. The molecule has 0 fully saturated rings. The van der Waals surface area contributed by atoms with Crippen molar-refractivity contribution in [1.29, 1.82) is 0 Å². The monoisotopic (exact) mass is 454 g/mol. The molecule has 1 aliphatic heterocycles. The van der Waals surface area contributed by atoms with E-state index in [1.54, 1.807) is 18.4 Å². The van der Waals surface area contributed by atoms with E-state index in [0.717, 1.165) is 16.2 Å². The van der Waals surface area contributed by atoms with Gasteiger partial charge in [-0.2, -0.15) is 4.31 Å². The van der Waals surface area contributed by atoms with Crippen molar-refractivity contribution in [1.82, 2.24) is 9.62 Å². The molecule has 4 rings (SSSR count). The van der Waals surface area contributed by atoms with E-state index in [9.17, 15) is 13.2 Å². The largest absolute Gasteiger partial charge is 0.463 e. The molecule has 0 saturated carbocycles. The number of nitrogens with one attached hydrogen (secondary N) is 2. The van der Waals surface area contributed by atoms with Crippen LogP contribution < -0.4 is 10.2 Å². The third kappa shape index (κ3) is 4.62. The Balaban J connectivity index is 1.43. The lowest BCUT2D eigenvalue weighted by atomic mass is 10.0. The van der Waals surface area contributed by atoms with Gasteiger partial charge in [-0.25, -0.2) is 8.42 Å². The lowest BCUT2D eigenvalue weighted by Gasteiger charge is -2.28. The topological polar surface area (TPSA) is 84.1 Å². The molecule has 0 aliphatic carbocycles. The van der Waals surface area contributed by atoms with Gasteiger partial charge in [-0.15, -0.1) is 0 Å². The maximum Gasteiger partial charge on any atom is 0.251 e. The Bertz CT molecular complexity index is 1170. The van der Waals surface area contributed by atoms with Crippen LogP contribution in [0.5, 0.6) is 0 Å². The molecule has 1 atom stereocenters. The molecule has 1 aromatic heterocycles. The first-order valence-electron chi connectivity index (χ1n) is 10.6. The molecule has 0 bridgehead atoms. The zero-order chi connectivity index (χ0) is 22.7. The number of carbonyl (C=O) groups is 1. The molecule has 1 aliphatic rings. The van der Waals surface area contributed by atoms with Crippen LogP contribution in [0.25, 0.3) is 0 Å². The van der Waals surface area contributed by atoms with Crippen LogP contribution in [0, 0.1) is 0 Å². The lowest BCUT2D eigenvalue weighted by molar-refractivity contribution is -0.891. The van der Waals surface area contributed by atoms with Crippen LogP contribution in [0.1, 0.15) is 33.3 Å². The summed E-state index contributed by atoms with van der Waals surface area (Å²) in [5.74, 6) is 0.550. The van der Waals surface area contributed by atoms with Gasteiger partial charge in [-0.3, -0.25) is 4.79 Å². The van der Waals surface area contributed by atoms with Gasteiger partial charge in [0, 0.05) is 18.7 Å². The molecule has 7 nitrogen and oxygen atoms in total. The van der Waals surface area contributed by atoms with Crippen molar-refractivity contribution in [3.8, 4) is 0 Å². The van der Waals surface area contributed by atoms with E-state index in [2.05, 4.69) is 5.32 Å². The molecular formula is C24H28N3O4S+. The van der Waals surface area contributed by atoms with Crippen LogP contribution in [0.3, 0.4) is 0 Å². The van der Waals surface area contributed by atoms with Gasteiger partial charge in [0.2, 0.25) is 10.0 Å². The zero-order valence-corrected chi connectivity index (χ0v) is 19.1. The molecule has 2 N–H and O–H groups in total. The first-order valence-corrected chi connectivity index (χ1v) is 12.1. The summed E-state index contributed by atoms with van der Waals surface area (Å²) in [6.07, 6.45) is 2.31. The summed E-state index contributed by atoms with van der Waals surface area (Å²) >= 11 is 0. The van der Waals surface area contributed by atoms with Gasteiger partial charge in [0.25, 0.3) is 5.91 Å². The summed E-state index contributed by atoms with van der Waals surface area (Å²) in [6, 6.07) is 17.7. The predicted molar refractivity (Wildman–Crippen MR) is 121 cm³/mol. The highest BCUT2D eigenvalue weighted by molar-refractivity contribution is 7.89. The number of hydrogen-bond acceptors (Lipinski definition) is 4. The van der Waals surface area contributed by atoms with E-state index in [1.807, 2.05) is 50.5 Å². The second-order valence-electron chi connectivity index (χ2n) is 8.24. The molecule has 1 amide bonds.